The molecule has 0 amide bonds. The van der Waals surface area contributed by atoms with E-state index < -0.39 is 0 Å². The highest BCUT2D eigenvalue weighted by Gasteiger charge is 2.47. The Kier molecular flexibility index (Phi) is 5.54. The number of ether oxygens (including phenoxy) is 1. The first-order valence-corrected chi connectivity index (χ1v) is 9.31. The fraction of sp³-hybridized carbons (Fsp3) is 0.667. The van der Waals surface area contributed by atoms with Gasteiger partial charge in [-0.15, -0.1) is 0 Å². The summed E-state index contributed by atoms with van der Waals surface area (Å²) in [6, 6.07) is 5.82. The topological polar surface area (TPSA) is 33.9 Å². The Bertz CT molecular complexity index is 548. The Hall–Kier alpha value is -0.320. The van der Waals surface area contributed by atoms with Gasteiger partial charge in [-0.25, -0.2) is 0 Å². The molecule has 0 radical (unpaired) electrons. The molecule has 0 spiro atoms. The molecule has 1 heterocycles. The van der Waals surface area contributed by atoms with Gasteiger partial charge in [0, 0.05) is 12.5 Å². The van der Waals surface area contributed by atoms with E-state index in [4.69, 9.17) is 27.9 Å². The summed E-state index contributed by atoms with van der Waals surface area (Å²) in [5.41, 5.74) is 0.978. The Morgan fingerprint density at radius 3 is 2.70 bits per heavy atom. The SMILES string of the molecule is COC1CCC[NH+](CC(O)C2(c3ccc(Cl)c(Cl)c3)CCC2)C1. The minimum absolute atomic E-state index is 0.152. The summed E-state index contributed by atoms with van der Waals surface area (Å²) in [6.45, 7) is 2.89. The molecule has 1 aliphatic heterocycles. The number of methoxy groups -OCH3 is 1. The smallest absolute Gasteiger partial charge is 0.112 e. The maximum absolute atomic E-state index is 11.0. The zero-order valence-electron chi connectivity index (χ0n) is 13.7. The summed E-state index contributed by atoms with van der Waals surface area (Å²) in [6.07, 6.45) is 5.48. The molecular weight excluding hydrogens is 333 g/mol. The number of halogens is 2. The van der Waals surface area contributed by atoms with E-state index in [1.54, 1.807) is 7.11 Å². The van der Waals surface area contributed by atoms with E-state index in [1.165, 1.54) is 11.3 Å². The van der Waals surface area contributed by atoms with Gasteiger partial charge in [0.25, 0.3) is 0 Å². The van der Waals surface area contributed by atoms with Gasteiger partial charge in [-0.05, 0) is 43.4 Å². The summed E-state index contributed by atoms with van der Waals surface area (Å²) in [5, 5.41) is 12.2. The number of benzene rings is 1. The number of rotatable bonds is 5. The van der Waals surface area contributed by atoms with Gasteiger partial charge in [-0.2, -0.15) is 0 Å². The standard InChI is InChI=1S/C18H25Cl2NO2/c1-23-14-4-2-9-21(11-14)12-17(22)18(7-3-8-18)13-5-6-15(19)16(20)10-13/h5-6,10,14,17,22H,2-4,7-9,11-12H2,1H3/p+1. The van der Waals surface area contributed by atoms with Crippen molar-refractivity contribution in [2.75, 3.05) is 26.7 Å². The summed E-state index contributed by atoms with van der Waals surface area (Å²) in [5.74, 6) is 0. The van der Waals surface area contributed by atoms with Crippen LogP contribution in [0.5, 0.6) is 0 Å². The van der Waals surface area contributed by atoms with E-state index in [0.717, 1.165) is 50.9 Å². The van der Waals surface area contributed by atoms with Crippen LogP contribution in [0.3, 0.4) is 0 Å². The molecule has 1 aromatic carbocycles. The van der Waals surface area contributed by atoms with Crippen LogP contribution in [0.1, 0.15) is 37.7 Å². The lowest BCUT2D eigenvalue weighted by atomic mass is 9.61. The van der Waals surface area contributed by atoms with Crippen LogP contribution in [-0.4, -0.2) is 44.1 Å². The summed E-state index contributed by atoms with van der Waals surface area (Å²) < 4.78 is 5.51. The van der Waals surface area contributed by atoms with Crippen molar-refractivity contribution in [1.29, 1.82) is 0 Å². The quantitative estimate of drug-likeness (QED) is 0.847. The average molecular weight is 359 g/mol. The van der Waals surface area contributed by atoms with Crippen molar-refractivity contribution >= 4 is 23.2 Å². The third-order valence-corrected chi connectivity index (χ3v) is 6.51. The second kappa shape index (κ2) is 7.28. The molecule has 3 rings (SSSR count). The molecule has 2 aliphatic rings. The molecule has 3 nitrogen and oxygen atoms in total. The highest BCUT2D eigenvalue weighted by atomic mass is 35.5. The monoisotopic (exact) mass is 358 g/mol. The molecule has 0 bridgehead atoms. The van der Waals surface area contributed by atoms with E-state index in [1.807, 2.05) is 18.2 Å². The van der Waals surface area contributed by atoms with Gasteiger partial charge in [0.15, 0.2) is 0 Å². The lowest BCUT2D eigenvalue weighted by Crippen LogP contribution is -3.15. The maximum atomic E-state index is 11.0. The van der Waals surface area contributed by atoms with Crippen LogP contribution in [0.2, 0.25) is 10.0 Å². The van der Waals surface area contributed by atoms with Gasteiger partial charge >= 0.3 is 0 Å². The minimum atomic E-state index is -0.348. The van der Waals surface area contributed by atoms with E-state index in [-0.39, 0.29) is 11.5 Å². The molecule has 3 atom stereocenters. The van der Waals surface area contributed by atoms with Crippen LogP contribution >= 0.6 is 23.2 Å². The molecule has 1 saturated carbocycles. The zero-order chi connectivity index (χ0) is 16.4. The molecule has 2 fully saturated rings. The first-order valence-electron chi connectivity index (χ1n) is 8.55. The second-order valence-electron chi connectivity index (χ2n) is 7.06. The third kappa shape index (κ3) is 3.54. The molecule has 1 aliphatic carbocycles. The Labute approximate surface area is 148 Å². The van der Waals surface area contributed by atoms with Crippen molar-refractivity contribution in [2.24, 2.45) is 0 Å². The van der Waals surface area contributed by atoms with Crippen LogP contribution < -0.4 is 4.90 Å². The number of hydrogen-bond acceptors (Lipinski definition) is 2. The van der Waals surface area contributed by atoms with Crippen molar-refractivity contribution in [2.45, 2.75) is 49.7 Å². The third-order valence-electron chi connectivity index (χ3n) is 5.77. The van der Waals surface area contributed by atoms with Crippen LogP contribution in [-0.2, 0) is 10.2 Å². The van der Waals surface area contributed by atoms with Gasteiger partial charge in [0.1, 0.15) is 25.3 Å². The van der Waals surface area contributed by atoms with Crippen molar-refractivity contribution in [3.8, 4) is 0 Å². The molecule has 1 aromatic rings. The van der Waals surface area contributed by atoms with Crippen LogP contribution in [0.25, 0.3) is 0 Å². The molecule has 23 heavy (non-hydrogen) atoms. The lowest BCUT2D eigenvalue weighted by molar-refractivity contribution is -0.912. The van der Waals surface area contributed by atoms with Crippen molar-refractivity contribution in [3.63, 3.8) is 0 Å². The number of hydrogen-bond donors (Lipinski definition) is 2. The molecule has 0 aromatic heterocycles. The minimum Gasteiger partial charge on any atom is -0.386 e. The molecule has 5 heteroatoms. The molecule has 128 valence electrons. The van der Waals surface area contributed by atoms with Crippen LogP contribution in [0.4, 0.5) is 0 Å². The van der Waals surface area contributed by atoms with Gasteiger partial charge < -0.3 is 14.7 Å². The predicted octanol–water partition coefficient (Wildman–Crippen LogP) is 2.47. The summed E-state index contributed by atoms with van der Waals surface area (Å²) in [4.78, 5) is 1.45. The highest BCUT2D eigenvalue weighted by Crippen LogP contribution is 2.47. The van der Waals surface area contributed by atoms with E-state index in [0.29, 0.717) is 16.1 Å². The number of aliphatic hydroxyl groups excluding tert-OH is 1. The molecule has 3 unspecified atom stereocenters. The van der Waals surface area contributed by atoms with Crippen molar-refractivity contribution < 1.29 is 14.7 Å². The zero-order valence-corrected chi connectivity index (χ0v) is 15.2. The average Bonchev–Trinajstić information content (AvgIpc) is 2.50. The largest absolute Gasteiger partial charge is 0.386 e. The van der Waals surface area contributed by atoms with Gasteiger partial charge in [-0.1, -0.05) is 35.7 Å². The van der Waals surface area contributed by atoms with Gasteiger partial charge in [-0.3, -0.25) is 0 Å². The normalized spacial score (nSPS) is 28.2. The first-order chi connectivity index (χ1) is 11.0. The number of nitrogens with one attached hydrogen (secondary N) is 1. The lowest BCUT2D eigenvalue weighted by Gasteiger charge is -2.47. The number of quaternary nitrogens is 1. The fourth-order valence-electron chi connectivity index (χ4n) is 4.14. The first kappa shape index (κ1) is 17.5. The maximum Gasteiger partial charge on any atom is 0.112 e. The van der Waals surface area contributed by atoms with Gasteiger partial charge in [0.05, 0.1) is 16.6 Å². The van der Waals surface area contributed by atoms with E-state index in [9.17, 15) is 5.11 Å². The van der Waals surface area contributed by atoms with Crippen LogP contribution in [0, 0.1) is 0 Å². The predicted molar refractivity (Wildman–Crippen MR) is 93.6 cm³/mol. The number of aliphatic hydroxyl groups is 1. The Morgan fingerprint density at radius 1 is 1.30 bits per heavy atom. The Balaban J connectivity index is 1.73. The van der Waals surface area contributed by atoms with Crippen molar-refractivity contribution in [3.05, 3.63) is 33.8 Å². The van der Waals surface area contributed by atoms with Gasteiger partial charge in [0.2, 0.25) is 0 Å². The molecule has 2 N–H and O–H groups in total. The van der Waals surface area contributed by atoms with Crippen molar-refractivity contribution in [1.82, 2.24) is 0 Å². The van der Waals surface area contributed by atoms with Crippen LogP contribution in [0.15, 0.2) is 18.2 Å². The number of piperidine rings is 1. The fourth-order valence-corrected chi connectivity index (χ4v) is 4.44. The second-order valence-corrected chi connectivity index (χ2v) is 7.88. The highest BCUT2D eigenvalue weighted by molar-refractivity contribution is 6.42. The van der Waals surface area contributed by atoms with E-state index >= 15 is 0 Å². The molecule has 1 saturated heterocycles. The molecular formula is C18H26Cl2NO2+. The summed E-state index contributed by atoms with van der Waals surface area (Å²) in [7, 11) is 1.78. The van der Waals surface area contributed by atoms with E-state index in [2.05, 4.69) is 0 Å². The number of likely N-dealkylation sites (tertiary alicyclic amines) is 1. The summed E-state index contributed by atoms with van der Waals surface area (Å²) >= 11 is 12.2. The Morgan fingerprint density at radius 2 is 2.09 bits per heavy atom.